The topological polar surface area (TPSA) is 88.5 Å². The Morgan fingerprint density at radius 1 is 1.20 bits per heavy atom. The summed E-state index contributed by atoms with van der Waals surface area (Å²) in [6, 6.07) is 15.4. The highest BCUT2D eigenvalue weighted by Gasteiger charge is 2.40. The number of anilines is 1. The summed E-state index contributed by atoms with van der Waals surface area (Å²) in [5.74, 6) is -0.145. The molecule has 7 nitrogen and oxygen atoms in total. The number of rotatable bonds is 6. The molecular formula is C28H35N5O2. The third-order valence-electron chi connectivity index (χ3n) is 6.10. The van der Waals surface area contributed by atoms with Crippen molar-refractivity contribution < 1.29 is 9.59 Å². The molecule has 2 N–H and O–H groups in total. The predicted octanol–water partition coefficient (Wildman–Crippen LogP) is 4.81. The normalized spacial score (nSPS) is 18.7. The maximum Gasteiger partial charge on any atom is 0.271 e. The first kappa shape index (κ1) is 26.0. The summed E-state index contributed by atoms with van der Waals surface area (Å²) in [5.41, 5.74) is 8.51. The molecule has 0 bridgehead atoms. The van der Waals surface area contributed by atoms with Gasteiger partial charge >= 0.3 is 0 Å². The van der Waals surface area contributed by atoms with Crippen LogP contribution in [-0.4, -0.2) is 34.3 Å². The van der Waals surface area contributed by atoms with E-state index < -0.39 is 0 Å². The van der Waals surface area contributed by atoms with Gasteiger partial charge in [-0.05, 0) is 54.3 Å². The molecule has 0 spiro atoms. The quantitative estimate of drug-likeness (QED) is 0.629. The summed E-state index contributed by atoms with van der Waals surface area (Å²) >= 11 is 0. The van der Waals surface area contributed by atoms with Crippen LogP contribution in [0.15, 0.2) is 54.2 Å². The molecule has 0 radical (unpaired) electrons. The predicted molar refractivity (Wildman–Crippen MR) is 138 cm³/mol. The summed E-state index contributed by atoms with van der Waals surface area (Å²) in [6.45, 7) is 10.8. The lowest BCUT2D eigenvalue weighted by Crippen LogP contribution is -2.56. The van der Waals surface area contributed by atoms with E-state index in [-0.39, 0.29) is 23.9 Å². The van der Waals surface area contributed by atoms with Crippen molar-refractivity contribution in [1.29, 1.82) is 5.26 Å². The third kappa shape index (κ3) is 5.90. The highest BCUT2D eigenvalue weighted by molar-refractivity contribution is 5.94. The van der Waals surface area contributed by atoms with Gasteiger partial charge in [-0.2, -0.15) is 5.26 Å². The number of fused-ring (bicyclic) bond motifs is 1. The van der Waals surface area contributed by atoms with E-state index in [1.165, 1.54) is 6.92 Å². The number of carbonyl (C=O) groups is 2. The third-order valence-corrected chi connectivity index (χ3v) is 6.10. The van der Waals surface area contributed by atoms with Crippen molar-refractivity contribution in [3.05, 3.63) is 76.5 Å². The number of amides is 2. The molecule has 2 aromatic rings. The average molecular weight is 474 g/mol. The molecule has 2 aliphatic heterocycles. The summed E-state index contributed by atoms with van der Waals surface area (Å²) in [4.78, 5) is 27.1. The second-order valence-electron chi connectivity index (χ2n) is 8.74. The number of piperazine rings is 1. The van der Waals surface area contributed by atoms with Crippen molar-refractivity contribution in [2.75, 3.05) is 11.9 Å². The number of benzene rings is 2. The lowest BCUT2D eigenvalue weighted by Gasteiger charge is -2.41. The zero-order valence-corrected chi connectivity index (χ0v) is 21.3. The molecule has 0 aromatic heterocycles. The van der Waals surface area contributed by atoms with Crippen LogP contribution < -0.4 is 10.7 Å². The maximum atomic E-state index is 13.4. The number of aryl methyl sites for hydroxylation is 1. The zero-order chi connectivity index (χ0) is 25.5. The molecule has 7 heteroatoms. The number of nitrogens with one attached hydrogen (secondary N) is 2. The lowest BCUT2D eigenvalue weighted by molar-refractivity contribution is -0.135. The van der Waals surface area contributed by atoms with E-state index >= 15 is 0 Å². The van der Waals surface area contributed by atoms with Gasteiger partial charge in [0, 0.05) is 25.7 Å². The fourth-order valence-corrected chi connectivity index (χ4v) is 4.55. The summed E-state index contributed by atoms with van der Waals surface area (Å²) in [7, 11) is 0. The fourth-order valence-electron chi connectivity index (χ4n) is 4.55. The van der Waals surface area contributed by atoms with Crippen molar-refractivity contribution >= 4 is 17.5 Å². The van der Waals surface area contributed by atoms with E-state index in [9.17, 15) is 9.59 Å². The van der Waals surface area contributed by atoms with Crippen LogP contribution in [0.4, 0.5) is 5.69 Å². The van der Waals surface area contributed by atoms with E-state index in [4.69, 9.17) is 5.26 Å². The van der Waals surface area contributed by atoms with E-state index in [1.807, 2.05) is 67.1 Å². The molecule has 1 saturated heterocycles. The van der Waals surface area contributed by atoms with Gasteiger partial charge in [0.25, 0.3) is 5.91 Å². The van der Waals surface area contributed by atoms with Crippen molar-refractivity contribution in [2.24, 2.45) is 0 Å². The van der Waals surface area contributed by atoms with Crippen LogP contribution in [0.2, 0.25) is 0 Å². The van der Waals surface area contributed by atoms with Gasteiger partial charge in [0.1, 0.15) is 5.70 Å². The standard InChI is InChI=1S/C26H29N5O2.C2H6/c1-4-5-21-16-30(15-20-9-7-19(14-27)8-10-20)26(33)25-13-24(29-31(21)25)22-11-6-17(2)12-23(22)28-18(3)32;1-2/h6-13,21,24,29H,4-5,15-16H2,1-3H3,(H,28,32);1-2H3. The first-order valence-corrected chi connectivity index (χ1v) is 12.3. The Labute approximate surface area is 208 Å². The molecule has 2 heterocycles. The van der Waals surface area contributed by atoms with Crippen molar-refractivity contribution in [1.82, 2.24) is 15.3 Å². The van der Waals surface area contributed by atoms with Crippen LogP contribution in [0, 0.1) is 18.3 Å². The Bertz CT molecular complexity index is 1130. The number of hydrogen-bond donors (Lipinski definition) is 2. The van der Waals surface area contributed by atoms with Gasteiger partial charge < -0.3 is 10.2 Å². The van der Waals surface area contributed by atoms with Gasteiger partial charge in [0.05, 0.1) is 23.7 Å². The Kier molecular flexibility index (Phi) is 8.67. The van der Waals surface area contributed by atoms with E-state index in [0.717, 1.165) is 35.2 Å². The fraction of sp³-hybridized carbons (Fsp3) is 0.393. The molecule has 0 saturated carbocycles. The second kappa shape index (κ2) is 11.7. The van der Waals surface area contributed by atoms with Crippen molar-refractivity contribution in [2.45, 2.75) is 66.1 Å². The van der Waals surface area contributed by atoms with Crippen molar-refractivity contribution in [3.63, 3.8) is 0 Å². The van der Waals surface area contributed by atoms with Crippen LogP contribution in [0.5, 0.6) is 0 Å². The number of hydrogen-bond acceptors (Lipinski definition) is 5. The summed E-state index contributed by atoms with van der Waals surface area (Å²) in [6.07, 6.45) is 3.91. The summed E-state index contributed by atoms with van der Waals surface area (Å²) in [5, 5.41) is 14.0. The summed E-state index contributed by atoms with van der Waals surface area (Å²) < 4.78 is 0. The molecule has 2 atom stereocenters. The number of nitrogens with zero attached hydrogens (tertiary/aromatic N) is 3. The molecule has 2 amide bonds. The molecule has 184 valence electrons. The molecule has 2 aromatic carbocycles. The van der Waals surface area contributed by atoms with Crippen LogP contribution in [-0.2, 0) is 16.1 Å². The second-order valence-corrected chi connectivity index (χ2v) is 8.74. The minimum absolute atomic E-state index is 0.0186. The molecule has 35 heavy (non-hydrogen) atoms. The van der Waals surface area contributed by atoms with Gasteiger partial charge in [-0.3, -0.25) is 14.6 Å². The van der Waals surface area contributed by atoms with Crippen LogP contribution in [0.25, 0.3) is 0 Å². The smallest absolute Gasteiger partial charge is 0.271 e. The first-order chi connectivity index (χ1) is 16.9. The average Bonchev–Trinajstić information content (AvgIpc) is 3.29. The Morgan fingerprint density at radius 2 is 1.91 bits per heavy atom. The minimum atomic E-state index is -0.208. The molecule has 0 aliphatic carbocycles. The van der Waals surface area contributed by atoms with E-state index in [2.05, 4.69) is 23.7 Å². The molecule has 4 rings (SSSR count). The van der Waals surface area contributed by atoms with Gasteiger partial charge in [-0.1, -0.05) is 51.5 Å². The Morgan fingerprint density at radius 3 is 2.54 bits per heavy atom. The number of hydrazine groups is 1. The van der Waals surface area contributed by atoms with Crippen LogP contribution in [0.1, 0.15) is 68.8 Å². The Balaban J connectivity index is 0.00000167. The largest absolute Gasteiger partial charge is 0.331 e. The van der Waals surface area contributed by atoms with Gasteiger partial charge in [-0.25, -0.2) is 5.43 Å². The first-order valence-electron chi connectivity index (χ1n) is 12.3. The highest BCUT2D eigenvalue weighted by Crippen LogP contribution is 2.35. The zero-order valence-electron chi connectivity index (χ0n) is 21.3. The monoisotopic (exact) mass is 473 g/mol. The van der Waals surface area contributed by atoms with Crippen molar-refractivity contribution in [3.8, 4) is 6.07 Å². The molecular weight excluding hydrogens is 438 g/mol. The highest BCUT2D eigenvalue weighted by atomic mass is 16.2. The SMILES string of the molecule is CC.CCCC1CN(Cc2ccc(C#N)cc2)C(=O)C2=CC(c3ccc(C)cc3NC(C)=O)NN21. The lowest BCUT2D eigenvalue weighted by atomic mass is 10.0. The van der Waals surface area contributed by atoms with E-state index in [0.29, 0.717) is 24.4 Å². The molecule has 1 fully saturated rings. The van der Waals surface area contributed by atoms with Gasteiger partial charge in [0.15, 0.2) is 0 Å². The van der Waals surface area contributed by atoms with Crippen LogP contribution >= 0.6 is 0 Å². The van der Waals surface area contributed by atoms with E-state index in [1.54, 1.807) is 12.1 Å². The van der Waals surface area contributed by atoms with Gasteiger partial charge in [0.2, 0.25) is 5.91 Å². The van der Waals surface area contributed by atoms with Crippen LogP contribution in [0.3, 0.4) is 0 Å². The minimum Gasteiger partial charge on any atom is -0.331 e. The number of carbonyl (C=O) groups excluding carboxylic acids is 2. The molecule has 2 aliphatic rings. The van der Waals surface area contributed by atoms with Gasteiger partial charge in [-0.15, -0.1) is 0 Å². The number of nitriles is 1. The Hall–Kier alpha value is -3.63. The maximum absolute atomic E-state index is 13.4. The molecule has 2 unspecified atom stereocenters.